The van der Waals surface area contributed by atoms with Gasteiger partial charge in [-0.25, -0.2) is 9.97 Å². The van der Waals surface area contributed by atoms with E-state index in [1.807, 2.05) is 11.3 Å². The molecule has 0 atom stereocenters. The number of rotatable bonds is 3. The molecular weight excluding hydrogens is 356 g/mol. The van der Waals surface area contributed by atoms with Crippen LogP contribution in [0.15, 0.2) is 23.8 Å². The van der Waals surface area contributed by atoms with Gasteiger partial charge in [0.05, 0.1) is 0 Å². The molecule has 2 aromatic rings. The molecule has 1 aliphatic carbocycles. The topological polar surface area (TPSA) is 49.3 Å². The van der Waals surface area contributed by atoms with Crippen LogP contribution in [0.3, 0.4) is 0 Å². The smallest absolute Gasteiger partial charge is 0.226 e. The van der Waals surface area contributed by atoms with Crippen molar-refractivity contribution < 1.29 is 4.79 Å². The lowest BCUT2D eigenvalue weighted by molar-refractivity contribution is -0.137. The Morgan fingerprint density at radius 2 is 1.96 bits per heavy atom. The summed E-state index contributed by atoms with van der Waals surface area (Å²) < 4.78 is 0. The first-order chi connectivity index (χ1) is 13.3. The monoisotopic (exact) mass is 382 g/mol. The SMILES string of the molecule is O=C(C1CCN(c2cc(C3CCC3)ncn2)CC1)N1CCc2sccc2C1. The van der Waals surface area contributed by atoms with Gasteiger partial charge in [-0.2, -0.15) is 0 Å². The molecule has 2 aliphatic heterocycles. The van der Waals surface area contributed by atoms with Crippen LogP contribution in [-0.4, -0.2) is 40.4 Å². The summed E-state index contributed by atoms with van der Waals surface area (Å²) in [6, 6.07) is 4.35. The normalized spacial score (nSPS) is 21.0. The van der Waals surface area contributed by atoms with E-state index >= 15 is 0 Å². The van der Waals surface area contributed by atoms with Gasteiger partial charge in [-0.1, -0.05) is 6.42 Å². The fourth-order valence-corrected chi connectivity index (χ4v) is 5.40. The fraction of sp³-hybridized carbons (Fsp3) is 0.571. The van der Waals surface area contributed by atoms with Crippen LogP contribution in [-0.2, 0) is 17.8 Å². The Morgan fingerprint density at radius 3 is 2.74 bits per heavy atom. The van der Waals surface area contributed by atoms with E-state index in [1.165, 1.54) is 35.4 Å². The molecule has 6 heteroatoms. The maximum Gasteiger partial charge on any atom is 0.226 e. The third-order valence-electron chi connectivity index (χ3n) is 6.48. The summed E-state index contributed by atoms with van der Waals surface area (Å²) >= 11 is 1.82. The first-order valence-corrected chi connectivity index (χ1v) is 11.1. The number of nitrogens with zero attached hydrogens (tertiary/aromatic N) is 4. The molecule has 27 heavy (non-hydrogen) atoms. The second-order valence-electron chi connectivity index (χ2n) is 8.07. The Morgan fingerprint density at radius 1 is 1.11 bits per heavy atom. The zero-order valence-electron chi connectivity index (χ0n) is 15.6. The van der Waals surface area contributed by atoms with Crippen LogP contribution in [0.5, 0.6) is 0 Å². The van der Waals surface area contributed by atoms with E-state index in [-0.39, 0.29) is 5.92 Å². The van der Waals surface area contributed by atoms with Gasteiger partial charge in [0.1, 0.15) is 12.1 Å². The number of thiophene rings is 1. The summed E-state index contributed by atoms with van der Waals surface area (Å²) in [6.07, 6.45) is 8.42. The lowest BCUT2D eigenvalue weighted by atomic mass is 9.83. The molecule has 2 aromatic heterocycles. The lowest BCUT2D eigenvalue weighted by Gasteiger charge is -2.36. The van der Waals surface area contributed by atoms with Crippen LogP contribution in [0.2, 0.25) is 0 Å². The summed E-state index contributed by atoms with van der Waals surface area (Å²) in [4.78, 5) is 27.9. The quantitative estimate of drug-likeness (QED) is 0.814. The molecule has 2 fully saturated rings. The molecule has 5 nitrogen and oxygen atoms in total. The van der Waals surface area contributed by atoms with Gasteiger partial charge in [0.15, 0.2) is 0 Å². The molecule has 0 spiro atoms. The summed E-state index contributed by atoms with van der Waals surface area (Å²) in [7, 11) is 0. The lowest BCUT2D eigenvalue weighted by Crippen LogP contribution is -2.44. The molecule has 5 rings (SSSR count). The minimum Gasteiger partial charge on any atom is -0.356 e. The van der Waals surface area contributed by atoms with Crippen LogP contribution in [0.4, 0.5) is 5.82 Å². The van der Waals surface area contributed by atoms with Crippen LogP contribution < -0.4 is 4.90 Å². The first kappa shape index (κ1) is 17.2. The Balaban J connectivity index is 1.20. The van der Waals surface area contributed by atoms with Crippen LogP contribution in [0, 0.1) is 5.92 Å². The predicted octanol–water partition coefficient (Wildman–Crippen LogP) is 3.61. The first-order valence-electron chi connectivity index (χ1n) is 10.2. The summed E-state index contributed by atoms with van der Waals surface area (Å²) in [5, 5.41) is 2.15. The van der Waals surface area contributed by atoms with E-state index in [2.05, 4.69) is 37.3 Å². The predicted molar refractivity (Wildman–Crippen MR) is 107 cm³/mol. The molecule has 142 valence electrons. The van der Waals surface area contributed by atoms with Crippen molar-refractivity contribution in [3.8, 4) is 0 Å². The molecular formula is C21H26N4OS. The van der Waals surface area contributed by atoms with Gasteiger partial charge in [-0.05, 0) is 49.1 Å². The molecule has 3 aliphatic rings. The molecule has 1 saturated heterocycles. The fourth-order valence-electron chi connectivity index (χ4n) is 4.51. The molecule has 0 aromatic carbocycles. The van der Waals surface area contributed by atoms with Crippen LogP contribution in [0.1, 0.15) is 54.2 Å². The molecule has 4 heterocycles. The Kier molecular flexibility index (Phi) is 4.60. The van der Waals surface area contributed by atoms with Crippen molar-refractivity contribution in [3.63, 3.8) is 0 Å². The molecule has 0 unspecified atom stereocenters. The number of carbonyl (C=O) groups is 1. The number of fused-ring (bicyclic) bond motifs is 1. The number of hydrogen-bond donors (Lipinski definition) is 0. The minimum atomic E-state index is 0.161. The number of piperidine rings is 1. The third kappa shape index (κ3) is 3.35. The maximum absolute atomic E-state index is 13.0. The van der Waals surface area contributed by atoms with Crippen LogP contribution >= 0.6 is 11.3 Å². The van der Waals surface area contributed by atoms with Gasteiger partial charge in [-0.3, -0.25) is 4.79 Å². The summed E-state index contributed by atoms with van der Waals surface area (Å²) in [5.74, 6) is 2.18. The molecule has 1 amide bonds. The Hall–Kier alpha value is -1.95. The maximum atomic E-state index is 13.0. The highest BCUT2D eigenvalue weighted by Gasteiger charge is 2.31. The number of amides is 1. The zero-order chi connectivity index (χ0) is 18.2. The zero-order valence-corrected chi connectivity index (χ0v) is 16.5. The third-order valence-corrected chi connectivity index (χ3v) is 7.51. The van der Waals surface area contributed by atoms with Crippen LogP contribution in [0.25, 0.3) is 0 Å². The number of anilines is 1. The van der Waals surface area contributed by atoms with E-state index in [9.17, 15) is 4.79 Å². The van der Waals surface area contributed by atoms with Crippen molar-refractivity contribution in [1.82, 2.24) is 14.9 Å². The summed E-state index contributed by atoms with van der Waals surface area (Å²) in [6.45, 7) is 3.50. The number of carbonyl (C=O) groups excluding carboxylic acids is 1. The highest BCUT2D eigenvalue weighted by molar-refractivity contribution is 7.10. The number of aromatic nitrogens is 2. The van der Waals surface area contributed by atoms with E-state index in [0.717, 1.165) is 51.3 Å². The van der Waals surface area contributed by atoms with Gasteiger partial charge >= 0.3 is 0 Å². The molecule has 1 saturated carbocycles. The largest absolute Gasteiger partial charge is 0.356 e. The van der Waals surface area contributed by atoms with E-state index in [1.54, 1.807) is 6.33 Å². The van der Waals surface area contributed by atoms with Crippen molar-refractivity contribution in [3.05, 3.63) is 40.0 Å². The second kappa shape index (κ2) is 7.23. The number of hydrogen-bond acceptors (Lipinski definition) is 5. The molecule has 0 radical (unpaired) electrons. The standard InChI is InChI=1S/C21H26N4OS/c26-21(25-10-6-19-17(13-25)7-11-27-19)16-4-8-24(9-5-16)20-12-18(22-14-23-20)15-2-1-3-15/h7,11-12,14-16H,1-6,8-10,13H2. The summed E-state index contributed by atoms with van der Waals surface area (Å²) in [5.41, 5.74) is 2.55. The molecule has 0 N–H and O–H groups in total. The Bertz CT molecular complexity index is 823. The average molecular weight is 383 g/mol. The average Bonchev–Trinajstić information content (AvgIpc) is 3.14. The highest BCUT2D eigenvalue weighted by atomic mass is 32.1. The van der Waals surface area contributed by atoms with Crippen molar-refractivity contribution in [2.75, 3.05) is 24.5 Å². The van der Waals surface area contributed by atoms with Gasteiger partial charge in [0, 0.05) is 54.7 Å². The van der Waals surface area contributed by atoms with Gasteiger partial charge in [0.25, 0.3) is 0 Å². The highest BCUT2D eigenvalue weighted by Crippen LogP contribution is 2.36. The minimum absolute atomic E-state index is 0.161. The van der Waals surface area contributed by atoms with E-state index in [4.69, 9.17) is 0 Å². The van der Waals surface area contributed by atoms with Crippen molar-refractivity contribution in [1.29, 1.82) is 0 Å². The van der Waals surface area contributed by atoms with Gasteiger partial charge in [-0.15, -0.1) is 11.3 Å². The van der Waals surface area contributed by atoms with E-state index in [0.29, 0.717) is 11.8 Å². The Labute approximate surface area is 164 Å². The van der Waals surface area contributed by atoms with E-state index < -0.39 is 0 Å². The second-order valence-corrected chi connectivity index (χ2v) is 9.07. The van der Waals surface area contributed by atoms with Crippen molar-refractivity contribution in [2.45, 2.75) is 51.0 Å². The van der Waals surface area contributed by atoms with Crippen molar-refractivity contribution in [2.24, 2.45) is 5.92 Å². The van der Waals surface area contributed by atoms with Crippen molar-refractivity contribution >= 4 is 23.1 Å². The van der Waals surface area contributed by atoms with Gasteiger partial charge in [0.2, 0.25) is 5.91 Å². The molecule has 0 bridgehead atoms. The van der Waals surface area contributed by atoms with Gasteiger partial charge < -0.3 is 9.80 Å².